The van der Waals surface area contributed by atoms with Crippen molar-refractivity contribution < 1.29 is 0 Å². The van der Waals surface area contributed by atoms with Crippen LogP contribution in [0.4, 0.5) is 11.6 Å². The minimum Gasteiger partial charge on any atom is -0.324 e. The average molecular weight is 320 g/mol. The number of benzene rings is 1. The molecule has 1 aromatic carbocycles. The molecule has 100 valence electrons. The van der Waals surface area contributed by atoms with Crippen LogP contribution in [0.25, 0.3) is 0 Å². The maximum Gasteiger partial charge on any atom is 0.207 e. The van der Waals surface area contributed by atoms with Gasteiger partial charge in [0.2, 0.25) is 5.95 Å². The molecule has 0 aliphatic carbocycles. The van der Waals surface area contributed by atoms with Gasteiger partial charge in [0.05, 0.1) is 11.4 Å². The summed E-state index contributed by atoms with van der Waals surface area (Å²) in [4.78, 5) is 4.51. The summed E-state index contributed by atoms with van der Waals surface area (Å²) < 4.78 is 3.10. The van der Waals surface area contributed by atoms with E-state index >= 15 is 0 Å². The number of nitrogens with one attached hydrogen (secondary N) is 1. The second-order valence-electron chi connectivity index (χ2n) is 4.71. The second kappa shape index (κ2) is 5.61. The number of hydrogen-bond donors (Lipinski definition) is 1. The Labute approximate surface area is 122 Å². The van der Waals surface area contributed by atoms with Crippen molar-refractivity contribution in [2.24, 2.45) is 0 Å². The summed E-state index contributed by atoms with van der Waals surface area (Å²) in [6, 6.07) is 4.25. The van der Waals surface area contributed by atoms with Gasteiger partial charge in [0.1, 0.15) is 0 Å². The number of anilines is 2. The Balaban J connectivity index is 2.38. The molecule has 1 aromatic heterocycles. The number of rotatable bonds is 4. The Morgan fingerprint density at radius 1 is 1.37 bits per heavy atom. The van der Waals surface area contributed by atoms with E-state index in [0.717, 1.165) is 28.3 Å². The van der Waals surface area contributed by atoms with Crippen molar-refractivity contribution >= 4 is 27.6 Å². The third-order valence-corrected chi connectivity index (χ3v) is 3.52. The number of hydrogen-bond acceptors (Lipinski definition) is 2. The molecule has 19 heavy (non-hydrogen) atoms. The standard InChI is InChI=1S/C15H18BrN3/c1-5-6-19-9-12(4)17-15(19)18-14-11(3)7-10(2)8-13(14)16/h5,7-9H,1,6H2,2-4H3,(H,17,18). The molecule has 0 saturated heterocycles. The molecule has 0 spiro atoms. The lowest BCUT2D eigenvalue weighted by Gasteiger charge is -2.13. The van der Waals surface area contributed by atoms with Crippen molar-refractivity contribution in [2.75, 3.05) is 5.32 Å². The lowest BCUT2D eigenvalue weighted by molar-refractivity contribution is 0.832. The zero-order chi connectivity index (χ0) is 14.0. The van der Waals surface area contributed by atoms with Crippen molar-refractivity contribution in [1.82, 2.24) is 9.55 Å². The summed E-state index contributed by atoms with van der Waals surface area (Å²) >= 11 is 3.61. The fourth-order valence-electron chi connectivity index (χ4n) is 2.11. The topological polar surface area (TPSA) is 29.9 Å². The Bertz CT molecular complexity index is 591. The van der Waals surface area contributed by atoms with E-state index < -0.39 is 0 Å². The molecule has 3 nitrogen and oxygen atoms in total. The van der Waals surface area contributed by atoms with Crippen molar-refractivity contribution in [3.63, 3.8) is 0 Å². The van der Waals surface area contributed by atoms with Crippen molar-refractivity contribution in [1.29, 1.82) is 0 Å². The van der Waals surface area contributed by atoms with Crippen molar-refractivity contribution in [3.05, 3.63) is 52.3 Å². The molecule has 0 saturated carbocycles. The van der Waals surface area contributed by atoms with E-state index in [0.29, 0.717) is 0 Å². The lowest BCUT2D eigenvalue weighted by Crippen LogP contribution is -2.03. The fraction of sp³-hybridized carbons (Fsp3) is 0.267. The van der Waals surface area contributed by atoms with Gasteiger partial charge in [-0.25, -0.2) is 4.98 Å². The number of nitrogens with zero attached hydrogens (tertiary/aromatic N) is 2. The molecule has 0 amide bonds. The predicted molar refractivity (Wildman–Crippen MR) is 84.1 cm³/mol. The number of halogens is 1. The summed E-state index contributed by atoms with van der Waals surface area (Å²) in [6.07, 6.45) is 3.88. The molecule has 0 bridgehead atoms. The maximum absolute atomic E-state index is 4.51. The summed E-state index contributed by atoms with van der Waals surface area (Å²) in [6.45, 7) is 10.7. The molecule has 2 rings (SSSR count). The molecule has 1 heterocycles. The molecule has 1 N–H and O–H groups in total. The molecule has 0 aliphatic rings. The molecule has 0 atom stereocenters. The molecule has 0 fully saturated rings. The molecule has 0 unspecified atom stereocenters. The minimum atomic E-state index is 0.742. The zero-order valence-electron chi connectivity index (χ0n) is 11.5. The largest absolute Gasteiger partial charge is 0.324 e. The SMILES string of the molecule is C=CCn1cc(C)nc1Nc1c(C)cc(C)cc1Br. The molecule has 4 heteroatoms. The van der Waals surface area contributed by atoms with Gasteiger partial charge in [-0.1, -0.05) is 12.1 Å². The maximum atomic E-state index is 4.51. The molecular weight excluding hydrogens is 302 g/mol. The highest BCUT2D eigenvalue weighted by Crippen LogP contribution is 2.30. The Kier molecular flexibility index (Phi) is 4.10. The van der Waals surface area contributed by atoms with Crippen molar-refractivity contribution in [3.8, 4) is 0 Å². The van der Waals surface area contributed by atoms with Crippen LogP contribution in [0, 0.1) is 20.8 Å². The Morgan fingerprint density at radius 3 is 2.74 bits per heavy atom. The summed E-state index contributed by atoms with van der Waals surface area (Å²) in [5.41, 5.74) is 4.48. The van der Waals surface area contributed by atoms with Crippen LogP contribution in [-0.4, -0.2) is 9.55 Å². The van der Waals surface area contributed by atoms with Crippen LogP contribution in [0.5, 0.6) is 0 Å². The van der Waals surface area contributed by atoms with Crippen LogP contribution >= 0.6 is 15.9 Å². The first-order valence-electron chi connectivity index (χ1n) is 6.19. The van der Waals surface area contributed by atoms with E-state index in [1.165, 1.54) is 11.1 Å². The Hall–Kier alpha value is -1.55. The Morgan fingerprint density at radius 2 is 2.11 bits per heavy atom. The van der Waals surface area contributed by atoms with E-state index in [1.807, 2.05) is 23.8 Å². The molecular formula is C15H18BrN3. The van der Waals surface area contributed by atoms with Gasteiger partial charge in [0.15, 0.2) is 0 Å². The highest BCUT2D eigenvalue weighted by atomic mass is 79.9. The van der Waals surface area contributed by atoms with Crippen LogP contribution in [-0.2, 0) is 6.54 Å². The smallest absolute Gasteiger partial charge is 0.207 e. The van der Waals surface area contributed by atoms with Gasteiger partial charge in [-0.15, -0.1) is 6.58 Å². The van der Waals surface area contributed by atoms with E-state index in [1.54, 1.807) is 0 Å². The van der Waals surface area contributed by atoms with Gasteiger partial charge in [0, 0.05) is 17.2 Å². The third kappa shape index (κ3) is 3.07. The summed E-state index contributed by atoms with van der Waals surface area (Å²) in [5.74, 6) is 0.838. The number of imidazole rings is 1. The van der Waals surface area contributed by atoms with E-state index in [9.17, 15) is 0 Å². The van der Waals surface area contributed by atoms with Crippen LogP contribution in [0.2, 0.25) is 0 Å². The first-order chi connectivity index (χ1) is 9.01. The van der Waals surface area contributed by atoms with Gasteiger partial charge in [0.25, 0.3) is 0 Å². The van der Waals surface area contributed by atoms with E-state index in [4.69, 9.17) is 0 Å². The number of allylic oxidation sites excluding steroid dienone is 1. The van der Waals surface area contributed by atoms with Crippen LogP contribution < -0.4 is 5.32 Å². The second-order valence-corrected chi connectivity index (χ2v) is 5.56. The first-order valence-corrected chi connectivity index (χ1v) is 6.99. The van der Waals surface area contributed by atoms with Crippen LogP contribution in [0.15, 0.2) is 35.5 Å². The molecule has 0 aliphatic heterocycles. The third-order valence-electron chi connectivity index (χ3n) is 2.89. The summed E-state index contributed by atoms with van der Waals surface area (Å²) in [7, 11) is 0. The highest BCUT2D eigenvalue weighted by Gasteiger charge is 2.09. The van der Waals surface area contributed by atoms with Gasteiger partial charge in [-0.3, -0.25) is 0 Å². The monoisotopic (exact) mass is 319 g/mol. The summed E-state index contributed by atoms with van der Waals surface area (Å²) in [5, 5.41) is 3.40. The molecule has 2 aromatic rings. The highest BCUT2D eigenvalue weighted by molar-refractivity contribution is 9.10. The number of aryl methyl sites for hydroxylation is 3. The lowest BCUT2D eigenvalue weighted by atomic mass is 10.1. The van der Waals surface area contributed by atoms with E-state index in [2.05, 4.69) is 58.8 Å². The van der Waals surface area contributed by atoms with Gasteiger partial charge in [-0.2, -0.15) is 0 Å². The van der Waals surface area contributed by atoms with Crippen LogP contribution in [0.1, 0.15) is 16.8 Å². The zero-order valence-corrected chi connectivity index (χ0v) is 13.1. The van der Waals surface area contributed by atoms with Crippen molar-refractivity contribution in [2.45, 2.75) is 27.3 Å². The quantitative estimate of drug-likeness (QED) is 0.841. The van der Waals surface area contributed by atoms with Gasteiger partial charge < -0.3 is 9.88 Å². The molecule has 0 radical (unpaired) electrons. The fourth-order valence-corrected chi connectivity index (χ4v) is 2.88. The van der Waals surface area contributed by atoms with Gasteiger partial charge in [-0.05, 0) is 53.9 Å². The number of aromatic nitrogens is 2. The predicted octanol–water partition coefficient (Wildman–Crippen LogP) is 4.50. The van der Waals surface area contributed by atoms with Gasteiger partial charge >= 0.3 is 0 Å². The van der Waals surface area contributed by atoms with Crippen LogP contribution in [0.3, 0.4) is 0 Å². The average Bonchev–Trinajstić information content (AvgIpc) is 2.64. The van der Waals surface area contributed by atoms with E-state index in [-0.39, 0.29) is 0 Å². The first kappa shape index (κ1) is 13.9. The minimum absolute atomic E-state index is 0.742. The normalized spacial score (nSPS) is 10.5.